The van der Waals surface area contributed by atoms with Gasteiger partial charge in [0.05, 0.1) is 11.7 Å². The van der Waals surface area contributed by atoms with E-state index in [0.29, 0.717) is 22.3 Å². The molecule has 0 bridgehead atoms. The molecule has 98 valence electrons. The van der Waals surface area contributed by atoms with Gasteiger partial charge in [-0.25, -0.2) is 0 Å². The number of hydrogen-bond acceptors (Lipinski definition) is 3. The minimum atomic E-state index is -2.49. The molecule has 3 nitrogen and oxygen atoms in total. The van der Waals surface area contributed by atoms with Gasteiger partial charge >= 0.3 is 0 Å². The van der Waals surface area contributed by atoms with Crippen LogP contribution in [-0.2, 0) is 4.79 Å². The molecule has 0 aromatic heterocycles. The van der Waals surface area contributed by atoms with Gasteiger partial charge in [0.25, 0.3) is 5.76 Å². The van der Waals surface area contributed by atoms with Gasteiger partial charge in [0.1, 0.15) is 0 Å². The number of amides is 1. The minimum Gasteiger partial charge on any atom is -0.324 e. The molecule has 0 saturated carbocycles. The van der Waals surface area contributed by atoms with Crippen molar-refractivity contribution in [1.82, 2.24) is 5.32 Å². The largest absolute Gasteiger partial charge is 0.324 e. The molecule has 1 heterocycles. The lowest BCUT2D eigenvalue weighted by Crippen LogP contribution is -2.35. The molecule has 1 aromatic rings. The number of carbonyl (C=O) groups is 1. The van der Waals surface area contributed by atoms with Gasteiger partial charge in [-0.05, 0) is 31.5 Å². The number of anilines is 1. The van der Waals surface area contributed by atoms with E-state index in [-0.39, 0.29) is 11.9 Å². The van der Waals surface area contributed by atoms with Crippen LogP contribution in [0.4, 0.5) is 14.5 Å². The molecule has 1 saturated heterocycles. The molecule has 1 aliphatic heterocycles. The van der Waals surface area contributed by atoms with Crippen LogP contribution in [0, 0.1) is 0 Å². The van der Waals surface area contributed by atoms with Crippen LogP contribution < -0.4 is 10.6 Å². The maximum Gasteiger partial charge on any atom is 0.288 e. The third kappa shape index (κ3) is 3.43. The number of alkyl halides is 2. The van der Waals surface area contributed by atoms with Crippen molar-refractivity contribution >= 4 is 23.4 Å². The highest BCUT2D eigenvalue weighted by atomic mass is 32.2. The number of carbonyl (C=O) groups excluding carboxylic acids is 1. The molecule has 1 atom stereocenters. The Morgan fingerprint density at radius 3 is 2.89 bits per heavy atom. The molecule has 6 heteroatoms. The van der Waals surface area contributed by atoms with Crippen molar-refractivity contribution < 1.29 is 13.6 Å². The number of hydrogen-bond donors (Lipinski definition) is 2. The summed E-state index contributed by atoms with van der Waals surface area (Å²) < 4.78 is 24.8. The summed E-state index contributed by atoms with van der Waals surface area (Å²) in [6, 6.07) is 6.39. The van der Waals surface area contributed by atoms with Crippen molar-refractivity contribution in [2.75, 3.05) is 11.9 Å². The summed E-state index contributed by atoms with van der Waals surface area (Å²) in [5, 5.41) is 5.77. The highest BCUT2D eigenvalue weighted by Gasteiger charge is 2.22. The number of thioether (sulfide) groups is 1. The number of benzene rings is 1. The van der Waals surface area contributed by atoms with E-state index in [1.54, 1.807) is 24.3 Å². The average molecular weight is 272 g/mol. The predicted octanol–water partition coefficient (Wildman–Crippen LogP) is 2.69. The Hall–Kier alpha value is -1.14. The first-order valence-electron chi connectivity index (χ1n) is 5.75. The fraction of sp³-hybridized carbons (Fsp3) is 0.417. The lowest BCUT2D eigenvalue weighted by molar-refractivity contribution is -0.117. The minimum absolute atomic E-state index is 0.158. The molecular formula is C12H14F2N2OS. The molecule has 0 spiro atoms. The van der Waals surface area contributed by atoms with Crippen molar-refractivity contribution in [2.45, 2.75) is 29.5 Å². The number of rotatable bonds is 4. The van der Waals surface area contributed by atoms with Crippen molar-refractivity contribution in [3.63, 3.8) is 0 Å². The van der Waals surface area contributed by atoms with Gasteiger partial charge < -0.3 is 10.6 Å². The molecule has 0 unspecified atom stereocenters. The van der Waals surface area contributed by atoms with Crippen molar-refractivity contribution in [3.05, 3.63) is 24.3 Å². The van der Waals surface area contributed by atoms with E-state index in [9.17, 15) is 13.6 Å². The topological polar surface area (TPSA) is 41.1 Å². The Kier molecular flexibility index (Phi) is 4.54. The van der Waals surface area contributed by atoms with E-state index < -0.39 is 5.76 Å². The second-order valence-corrected chi connectivity index (χ2v) is 5.04. The zero-order valence-corrected chi connectivity index (χ0v) is 10.5. The Bertz CT molecular complexity index is 422. The number of halogens is 2. The second kappa shape index (κ2) is 6.15. The molecule has 1 amide bonds. The van der Waals surface area contributed by atoms with Crippen LogP contribution in [0.25, 0.3) is 0 Å². The first kappa shape index (κ1) is 13.3. The van der Waals surface area contributed by atoms with Crippen LogP contribution in [0.3, 0.4) is 0 Å². The number of nitrogens with one attached hydrogen (secondary N) is 2. The third-order valence-electron chi connectivity index (χ3n) is 2.74. The van der Waals surface area contributed by atoms with Crippen LogP contribution in [-0.4, -0.2) is 24.3 Å². The van der Waals surface area contributed by atoms with Crippen LogP contribution in [0.2, 0.25) is 0 Å². The second-order valence-electron chi connectivity index (χ2n) is 4.01. The van der Waals surface area contributed by atoms with Crippen LogP contribution >= 0.6 is 11.8 Å². The van der Waals surface area contributed by atoms with E-state index in [0.717, 1.165) is 19.4 Å². The van der Waals surface area contributed by atoms with E-state index in [2.05, 4.69) is 10.6 Å². The van der Waals surface area contributed by atoms with Gasteiger partial charge in [0.2, 0.25) is 5.91 Å². The molecule has 18 heavy (non-hydrogen) atoms. The van der Waals surface area contributed by atoms with E-state index >= 15 is 0 Å². The smallest absolute Gasteiger partial charge is 0.288 e. The Morgan fingerprint density at radius 2 is 2.22 bits per heavy atom. The zero-order valence-electron chi connectivity index (χ0n) is 9.66. The zero-order chi connectivity index (χ0) is 13.0. The van der Waals surface area contributed by atoms with Crippen LogP contribution in [0.15, 0.2) is 29.2 Å². The van der Waals surface area contributed by atoms with Gasteiger partial charge in [0.15, 0.2) is 0 Å². The SMILES string of the molecule is O=C(Nc1ccccc1SC(F)F)[C@@H]1CCCN1. The summed E-state index contributed by atoms with van der Waals surface area (Å²) >= 11 is 0.441. The van der Waals surface area contributed by atoms with Gasteiger partial charge in [-0.3, -0.25) is 4.79 Å². The molecule has 2 N–H and O–H groups in total. The van der Waals surface area contributed by atoms with Crippen LogP contribution in [0.1, 0.15) is 12.8 Å². The summed E-state index contributed by atoms with van der Waals surface area (Å²) in [7, 11) is 0. The van der Waals surface area contributed by atoms with Crippen molar-refractivity contribution in [2.24, 2.45) is 0 Å². The highest BCUT2D eigenvalue weighted by Crippen LogP contribution is 2.31. The average Bonchev–Trinajstić information content (AvgIpc) is 2.84. The lowest BCUT2D eigenvalue weighted by atomic mass is 10.2. The normalized spacial score (nSPS) is 19.2. The van der Waals surface area contributed by atoms with E-state index in [1.807, 2.05) is 0 Å². The molecular weight excluding hydrogens is 258 g/mol. The molecule has 1 aliphatic rings. The summed E-state index contributed by atoms with van der Waals surface area (Å²) in [6.45, 7) is 0.825. The summed E-state index contributed by atoms with van der Waals surface area (Å²) in [5.74, 6) is -2.65. The van der Waals surface area contributed by atoms with Crippen molar-refractivity contribution in [3.8, 4) is 0 Å². The maximum absolute atomic E-state index is 12.4. The summed E-state index contributed by atoms with van der Waals surface area (Å²) in [4.78, 5) is 12.3. The lowest BCUT2D eigenvalue weighted by Gasteiger charge is -2.13. The summed E-state index contributed by atoms with van der Waals surface area (Å²) in [6.07, 6.45) is 1.75. The molecule has 0 radical (unpaired) electrons. The Morgan fingerprint density at radius 1 is 1.44 bits per heavy atom. The molecule has 0 aliphatic carbocycles. The third-order valence-corrected chi connectivity index (χ3v) is 3.53. The quantitative estimate of drug-likeness (QED) is 0.828. The fourth-order valence-corrected chi connectivity index (χ4v) is 2.49. The van der Waals surface area contributed by atoms with Gasteiger partial charge in [-0.15, -0.1) is 0 Å². The standard InChI is InChI=1S/C12H14F2N2OS/c13-12(14)18-10-6-2-1-4-8(10)16-11(17)9-5-3-7-15-9/h1-2,4,6,9,12,15H,3,5,7H2,(H,16,17)/t9-/m0/s1. The van der Waals surface area contributed by atoms with Crippen molar-refractivity contribution in [1.29, 1.82) is 0 Å². The van der Waals surface area contributed by atoms with E-state index in [1.165, 1.54) is 0 Å². The molecule has 1 aromatic carbocycles. The highest BCUT2D eigenvalue weighted by molar-refractivity contribution is 7.99. The summed E-state index contributed by atoms with van der Waals surface area (Å²) in [5.41, 5.74) is 0.446. The Labute approximate surface area is 108 Å². The maximum atomic E-state index is 12.4. The Balaban J connectivity index is 2.05. The van der Waals surface area contributed by atoms with Crippen LogP contribution in [0.5, 0.6) is 0 Å². The first-order chi connectivity index (χ1) is 8.66. The van der Waals surface area contributed by atoms with Gasteiger partial charge in [0, 0.05) is 4.90 Å². The molecule has 1 fully saturated rings. The monoisotopic (exact) mass is 272 g/mol. The predicted molar refractivity (Wildman–Crippen MR) is 68.0 cm³/mol. The number of para-hydroxylation sites is 1. The first-order valence-corrected chi connectivity index (χ1v) is 6.63. The van der Waals surface area contributed by atoms with Gasteiger partial charge in [-0.2, -0.15) is 8.78 Å². The fourth-order valence-electron chi connectivity index (χ4n) is 1.90. The van der Waals surface area contributed by atoms with Gasteiger partial charge in [-0.1, -0.05) is 23.9 Å². The molecule has 2 rings (SSSR count). The van der Waals surface area contributed by atoms with E-state index in [4.69, 9.17) is 0 Å².